The lowest BCUT2D eigenvalue weighted by Gasteiger charge is -2.26. The molecule has 2 bridgehead atoms. The van der Waals surface area contributed by atoms with E-state index in [1.807, 2.05) is 0 Å². The number of aliphatic hydroxyl groups is 1. The van der Waals surface area contributed by atoms with Gasteiger partial charge < -0.3 is 9.84 Å². The molecule has 0 saturated carbocycles. The summed E-state index contributed by atoms with van der Waals surface area (Å²) in [6.45, 7) is -0.426. The van der Waals surface area contributed by atoms with E-state index in [0.717, 1.165) is 4.90 Å². The lowest BCUT2D eigenvalue weighted by molar-refractivity contribution is -0.384. The number of carbonyl (C=O) groups excluding carboxylic acids is 2. The normalized spacial score (nSPS) is 34.3. The molecule has 8 heteroatoms. The molecule has 2 saturated heterocycles. The Morgan fingerprint density at radius 2 is 2.04 bits per heavy atom. The van der Waals surface area contributed by atoms with Gasteiger partial charge in [-0.3, -0.25) is 19.7 Å². The number of hydrogen-bond acceptors (Lipinski definition) is 6. The molecular formula is C15H12N2O6. The number of anilines is 1. The zero-order valence-corrected chi connectivity index (χ0v) is 11.8. The molecule has 1 N–H and O–H groups in total. The van der Waals surface area contributed by atoms with Gasteiger partial charge in [0, 0.05) is 6.07 Å². The van der Waals surface area contributed by atoms with Gasteiger partial charge in [-0.25, -0.2) is 4.90 Å². The molecule has 0 aromatic heterocycles. The second kappa shape index (κ2) is 4.46. The highest BCUT2D eigenvalue weighted by molar-refractivity contribution is 6.24. The summed E-state index contributed by atoms with van der Waals surface area (Å²) >= 11 is 0. The number of aliphatic hydroxyl groups excluding tert-OH is 1. The van der Waals surface area contributed by atoms with Crippen molar-refractivity contribution in [2.75, 3.05) is 11.5 Å². The third kappa shape index (κ3) is 1.61. The van der Waals surface area contributed by atoms with Crippen LogP contribution in [-0.4, -0.2) is 40.2 Å². The summed E-state index contributed by atoms with van der Waals surface area (Å²) in [6, 6.07) is 5.62. The number of fused-ring (bicyclic) bond motifs is 5. The maximum atomic E-state index is 12.8. The number of ether oxygens (including phenoxy) is 1. The Bertz CT molecular complexity index is 775. The van der Waals surface area contributed by atoms with Gasteiger partial charge >= 0.3 is 0 Å². The standard InChI is InChI=1S/C15H12N2O6/c18-7-15-6-5-10(23-15)11-12(15)14(20)16(13(11)19)8-3-1-2-4-9(8)17(21)22/h1-6,10-12,18H,7H2/t10-,11-,12-,15+/m1/s1. The maximum Gasteiger partial charge on any atom is 0.293 e. The van der Waals surface area contributed by atoms with Gasteiger partial charge in [-0.05, 0) is 6.07 Å². The third-order valence-electron chi connectivity index (χ3n) is 4.72. The molecule has 2 fully saturated rings. The van der Waals surface area contributed by atoms with Crippen LogP contribution < -0.4 is 4.90 Å². The van der Waals surface area contributed by atoms with Gasteiger partial charge in [-0.2, -0.15) is 0 Å². The summed E-state index contributed by atoms with van der Waals surface area (Å²) in [5.74, 6) is -2.71. The van der Waals surface area contributed by atoms with Gasteiger partial charge in [0.15, 0.2) is 0 Å². The average Bonchev–Trinajstić information content (AvgIpc) is 3.18. The number of nitrogens with zero attached hydrogens (tertiary/aromatic N) is 2. The predicted octanol–water partition coefficient (Wildman–Crippen LogP) is 0.400. The molecule has 4 rings (SSSR count). The summed E-state index contributed by atoms with van der Waals surface area (Å²) in [4.78, 5) is 36.9. The first-order valence-corrected chi connectivity index (χ1v) is 7.09. The predicted molar refractivity (Wildman–Crippen MR) is 76.4 cm³/mol. The number of hydrogen-bond donors (Lipinski definition) is 1. The van der Waals surface area contributed by atoms with E-state index in [-0.39, 0.29) is 11.4 Å². The molecule has 1 aromatic rings. The van der Waals surface area contributed by atoms with Gasteiger partial charge in [0.05, 0.1) is 29.5 Å². The van der Waals surface area contributed by atoms with Crippen molar-refractivity contribution in [3.63, 3.8) is 0 Å². The number of para-hydroxylation sites is 2. The van der Waals surface area contributed by atoms with E-state index in [9.17, 15) is 24.8 Å². The van der Waals surface area contributed by atoms with Crippen molar-refractivity contribution in [3.05, 3.63) is 46.5 Å². The van der Waals surface area contributed by atoms with E-state index in [1.165, 1.54) is 24.3 Å². The summed E-state index contributed by atoms with van der Waals surface area (Å²) in [5, 5.41) is 20.8. The first-order chi connectivity index (χ1) is 11.0. The lowest BCUT2D eigenvalue weighted by Crippen LogP contribution is -2.43. The molecule has 8 nitrogen and oxygen atoms in total. The molecule has 0 radical (unpaired) electrons. The van der Waals surface area contributed by atoms with Crippen LogP contribution in [0.3, 0.4) is 0 Å². The van der Waals surface area contributed by atoms with Crippen molar-refractivity contribution in [3.8, 4) is 0 Å². The van der Waals surface area contributed by atoms with Crippen LogP contribution in [0.4, 0.5) is 11.4 Å². The zero-order chi connectivity index (χ0) is 16.4. The number of rotatable bonds is 3. The van der Waals surface area contributed by atoms with Crippen molar-refractivity contribution in [1.29, 1.82) is 0 Å². The summed E-state index contributed by atoms with van der Waals surface area (Å²) < 4.78 is 5.62. The second-order valence-corrected chi connectivity index (χ2v) is 5.82. The Morgan fingerprint density at radius 1 is 1.30 bits per heavy atom. The molecule has 0 aliphatic carbocycles. The number of amides is 2. The van der Waals surface area contributed by atoms with Crippen LogP contribution in [0.2, 0.25) is 0 Å². The monoisotopic (exact) mass is 316 g/mol. The fourth-order valence-electron chi connectivity index (χ4n) is 3.73. The van der Waals surface area contributed by atoms with E-state index >= 15 is 0 Å². The van der Waals surface area contributed by atoms with E-state index in [4.69, 9.17) is 4.74 Å². The van der Waals surface area contributed by atoms with Gasteiger partial charge in [0.25, 0.3) is 5.69 Å². The van der Waals surface area contributed by atoms with Crippen LogP contribution in [0.25, 0.3) is 0 Å². The largest absolute Gasteiger partial charge is 0.393 e. The number of nitro benzene ring substituents is 1. The fraction of sp³-hybridized carbons (Fsp3) is 0.333. The highest BCUT2D eigenvalue weighted by Gasteiger charge is 2.68. The Hall–Kier alpha value is -2.58. The maximum absolute atomic E-state index is 12.8. The average molecular weight is 316 g/mol. The molecule has 1 aromatic carbocycles. The van der Waals surface area contributed by atoms with Crippen molar-refractivity contribution in [2.24, 2.45) is 11.8 Å². The van der Waals surface area contributed by atoms with Crippen molar-refractivity contribution >= 4 is 23.2 Å². The first-order valence-electron chi connectivity index (χ1n) is 7.09. The summed E-state index contributed by atoms with van der Waals surface area (Å²) in [7, 11) is 0. The molecule has 3 heterocycles. The van der Waals surface area contributed by atoms with E-state index in [0.29, 0.717) is 0 Å². The topological polar surface area (TPSA) is 110 Å². The SMILES string of the molecule is O=C1[C@@H]2[C@H]3C=C[C@@](CO)(O3)[C@H]2C(=O)N1c1ccccc1[N+](=O)[O-]. The van der Waals surface area contributed by atoms with Crippen LogP contribution in [0, 0.1) is 22.0 Å². The number of imide groups is 1. The van der Waals surface area contributed by atoms with Crippen molar-refractivity contribution < 1.29 is 24.4 Å². The van der Waals surface area contributed by atoms with E-state index < -0.39 is 46.9 Å². The molecule has 0 spiro atoms. The molecule has 0 unspecified atom stereocenters. The van der Waals surface area contributed by atoms with Gasteiger partial charge in [-0.15, -0.1) is 0 Å². The quantitative estimate of drug-likeness (QED) is 0.374. The van der Waals surface area contributed by atoms with Crippen LogP contribution in [-0.2, 0) is 14.3 Å². The van der Waals surface area contributed by atoms with Crippen LogP contribution >= 0.6 is 0 Å². The van der Waals surface area contributed by atoms with Crippen molar-refractivity contribution in [1.82, 2.24) is 0 Å². The van der Waals surface area contributed by atoms with E-state index in [2.05, 4.69) is 0 Å². The first kappa shape index (κ1) is 14.0. The smallest absolute Gasteiger partial charge is 0.293 e. The highest BCUT2D eigenvalue weighted by Crippen LogP contribution is 2.52. The van der Waals surface area contributed by atoms with Crippen LogP contribution in [0.15, 0.2) is 36.4 Å². The van der Waals surface area contributed by atoms with Crippen LogP contribution in [0.1, 0.15) is 0 Å². The fourth-order valence-corrected chi connectivity index (χ4v) is 3.73. The molecule has 23 heavy (non-hydrogen) atoms. The number of benzene rings is 1. The Labute approximate surface area is 130 Å². The Morgan fingerprint density at radius 3 is 2.74 bits per heavy atom. The Balaban J connectivity index is 1.82. The minimum Gasteiger partial charge on any atom is -0.393 e. The van der Waals surface area contributed by atoms with Crippen LogP contribution in [0.5, 0.6) is 0 Å². The summed E-state index contributed by atoms with van der Waals surface area (Å²) in [6.07, 6.45) is 2.68. The molecule has 3 aliphatic heterocycles. The summed E-state index contributed by atoms with van der Waals surface area (Å²) in [5.41, 5.74) is -1.57. The Kier molecular flexibility index (Phi) is 2.72. The van der Waals surface area contributed by atoms with Gasteiger partial charge in [0.1, 0.15) is 11.3 Å². The molecule has 3 aliphatic rings. The minimum atomic E-state index is -1.21. The zero-order valence-electron chi connectivity index (χ0n) is 11.8. The molecule has 4 atom stereocenters. The lowest BCUT2D eigenvalue weighted by atomic mass is 9.77. The second-order valence-electron chi connectivity index (χ2n) is 5.82. The third-order valence-corrected chi connectivity index (χ3v) is 4.72. The number of carbonyl (C=O) groups is 2. The van der Waals surface area contributed by atoms with Gasteiger partial charge in [-0.1, -0.05) is 24.3 Å². The van der Waals surface area contributed by atoms with Gasteiger partial charge in [0.2, 0.25) is 11.8 Å². The van der Waals surface area contributed by atoms with Crippen molar-refractivity contribution in [2.45, 2.75) is 11.7 Å². The van der Waals surface area contributed by atoms with E-state index in [1.54, 1.807) is 12.2 Å². The highest BCUT2D eigenvalue weighted by atomic mass is 16.6. The number of nitro groups is 1. The molecule has 118 valence electrons. The minimum absolute atomic E-state index is 0.0469. The molecule has 2 amide bonds. The molecular weight excluding hydrogens is 304 g/mol.